The lowest BCUT2D eigenvalue weighted by Gasteiger charge is -2.12. The van der Waals surface area contributed by atoms with Crippen molar-refractivity contribution in [3.05, 3.63) is 59.0 Å². The zero-order valence-electron chi connectivity index (χ0n) is 19.2. The number of carbonyl (C=O) groups is 1. The first-order valence-corrected chi connectivity index (χ1v) is 13.0. The van der Waals surface area contributed by atoms with Crippen LogP contribution < -0.4 is 5.32 Å². The van der Waals surface area contributed by atoms with Crippen molar-refractivity contribution < 1.29 is 17.7 Å². The van der Waals surface area contributed by atoms with Crippen LogP contribution in [-0.2, 0) is 16.3 Å². The van der Waals surface area contributed by atoms with E-state index < -0.39 is 9.84 Å². The van der Waals surface area contributed by atoms with Crippen LogP contribution in [0.3, 0.4) is 0 Å². The van der Waals surface area contributed by atoms with Crippen LogP contribution in [0.4, 0.5) is 5.82 Å². The Labute approximate surface area is 197 Å². The number of nitrogens with zero attached hydrogens (tertiary/aromatic N) is 4. The fraction of sp³-hybridized carbons (Fsp3) is 0.333. The maximum absolute atomic E-state index is 13.4. The van der Waals surface area contributed by atoms with Crippen molar-refractivity contribution in [2.75, 3.05) is 16.8 Å². The van der Waals surface area contributed by atoms with Crippen LogP contribution in [0.5, 0.6) is 0 Å². The van der Waals surface area contributed by atoms with Gasteiger partial charge in [-0.1, -0.05) is 36.3 Å². The van der Waals surface area contributed by atoms with Crippen molar-refractivity contribution in [1.82, 2.24) is 19.9 Å². The van der Waals surface area contributed by atoms with Crippen molar-refractivity contribution in [3.63, 3.8) is 0 Å². The number of benzene rings is 1. The number of anilines is 1. The predicted molar refractivity (Wildman–Crippen MR) is 129 cm³/mol. The number of amides is 1. The highest BCUT2D eigenvalue weighted by Crippen LogP contribution is 2.32. The number of pyridine rings is 1. The molecule has 10 heteroatoms. The second-order valence-electron chi connectivity index (χ2n) is 8.67. The molecule has 1 aliphatic heterocycles. The van der Waals surface area contributed by atoms with Crippen molar-refractivity contribution in [2.45, 2.75) is 39.7 Å². The second-order valence-corrected chi connectivity index (χ2v) is 10.9. The zero-order chi connectivity index (χ0) is 24.0. The Balaban J connectivity index is 1.67. The minimum Gasteiger partial charge on any atom is -0.360 e. The molecular weight excluding hydrogens is 454 g/mol. The second kappa shape index (κ2) is 8.35. The van der Waals surface area contributed by atoms with E-state index >= 15 is 0 Å². The van der Waals surface area contributed by atoms with Gasteiger partial charge in [-0.15, -0.1) is 0 Å². The smallest absolute Gasteiger partial charge is 0.257 e. The summed E-state index contributed by atoms with van der Waals surface area (Å²) in [5.74, 6) is 0.662. The highest BCUT2D eigenvalue weighted by atomic mass is 32.2. The van der Waals surface area contributed by atoms with Gasteiger partial charge < -0.3 is 9.84 Å². The fourth-order valence-corrected chi connectivity index (χ4v) is 6.08. The van der Waals surface area contributed by atoms with Gasteiger partial charge in [-0.25, -0.2) is 18.1 Å². The van der Waals surface area contributed by atoms with E-state index in [1.807, 2.05) is 24.3 Å². The van der Waals surface area contributed by atoms with E-state index in [2.05, 4.69) is 22.5 Å². The predicted octanol–water partition coefficient (Wildman–Crippen LogP) is 3.88. The molecule has 1 N–H and O–H groups in total. The Bertz CT molecular complexity index is 1500. The molecule has 1 unspecified atom stereocenters. The molecule has 5 rings (SSSR count). The maximum Gasteiger partial charge on any atom is 0.257 e. The molecule has 176 valence electrons. The molecule has 1 amide bonds. The van der Waals surface area contributed by atoms with E-state index in [1.54, 1.807) is 30.7 Å². The molecule has 0 bridgehead atoms. The molecule has 1 atom stereocenters. The molecule has 0 radical (unpaired) electrons. The number of hydrogen-bond acceptors (Lipinski definition) is 7. The van der Waals surface area contributed by atoms with Crippen molar-refractivity contribution in [1.29, 1.82) is 0 Å². The van der Waals surface area contributed by atoms with Gasteiger partial charge in [-0.2, -0.15) is 5.10 Å². The van der Waals surface area contributed by atoms with Crippen molar-refractivity contribution >= 4 is 32.6 Å². The molecule has 34 heavy (non-hydrogen) atoms. The number of rotatable bonds is 5. The lowest BCUT2D eigenvalue weighted by Crippen LogP contribution is -2.15. The number of nitrogens with one attached hydrogen (secondary N) is 1. The van der Waals surface area contributed by atoms with Gasteiger partial charge in [0.1, 0.15) is 5.76 Å². The summed E-state index contributed by atoms with van der Waals surface area (Å²) in [5.41, 5.74) is 4.17. The summed E-state index contributed by atoms with van der Waals surface area (Å²) < 4.78 is 31.0. The van der Waals surface area contributed by atoms with Crippen LogP contribution in [-0.4, -0.2) is 45.8 Å². The maximum atomic E-state index is 13.4. The third kappa shape index (κ3) is 4.09. The Morgan fingerprint density at radius 3 is 2.59 bits per heavy atom. The molecule has 9 nitrogen and oxygen atoms in total. The minimum absolute atomic E-state index is 0.0140. The van der Waals surface area contributed by atoms with Gasteiger partial charge in [0.15, 0.2) is 21.3 Å². The first-order valence-electron chi connectivity index (χ1n) is 11.2. The van der Waals surface area contributed by atoms with Gasteiger partial charge in [0, 0.05) is 11.6 Å². The first kappa shape index (κ1) is 22.3. The average molecular weight is 480 g/mol. The number of aromatic nitrogens is 4. The molecule has 0 spiro atoms. The number of hydrogen-bond donors (Lipinski definition) is 1. The molecule has 3 aromatic heterocycles. The SMILES string of the molecule is CCc1ccc(-c2cc(C(=O)Nc3cc(C)on3)c3c(C)nn(C4CCS(=O)(=O)C4)c3n2)cc1. The molecule has 0 aliphatic carbocycles. The number of fused-ring (bicyclic) bond motifs is 1. The van der Waals surface area contributed by atoms with Gasteiger partial charge >= 0.3 is 0 Å². The van der Waals surface area contributed by atoms with Crippen molar-refractivity contribution in [3.8, 4) is 11.3 Å². The zero-order valence-corrected chi connectivity index (χ0v) is 20.0. The quantitative estimate of drug-likeness (QED) is 0.461. The van der Waals surface area contributed by atoms with Crippen LogP contribution in [0.15, 0.2) is 40.9 Å². The third-order valence-corrected chi connectivity index (χ3v) is 7.91. The highest BCUT2D eigenvalue weighted by molar-refractivity contribution is 7.91. The third-order valence-electron chi connectivity index (χ3n) is 6.16. The summed E-state index contributed by atoms with van der Waals surface area (Å²) in [4.78, 5) is 18.2. The van der Waals surface area contributed by atoms with Gasteiger partial charge in [0.05, 0.1) is 39.9 Å². The van der Waals surface area contributed by atoms with Crippen LogP contribution in [0.25, 0.3) is 22.3 Å². The first-order chi connectivity index (χ1) is 16.2. The summed E-state index contributed by atoms with van der Waals surface area (Å²) in [6.07, 6.45) is 1.38. The average Bonchev–Trinajstić information content (AvgIpc) is 3.49. The fourth-order valence-electron chi connectivity index (χ4n) is 4.38. The van der Waals surface area contributed by atoms with Gasteiger partial charge in [-0.05, 0) is 38.3 Å². The topological polar surface area (TPSA) is 120 Å². The molecule has 1 aromatic carbocycles. The van der Waals surface area contributed by atoms with E-state index in [0.29, 0.717) is 46.0 Å². The number of carbonyl (C=O) groups excluding carboxylic acids is 1. The minimum atomic E-state index is -3.12. The molecule has 0 saturated carbocycles. The van der Waals surface area contributed by atoms with E-state index in [1.165, 1.54) is 5.56 Å². The van der Waals surface area contributed by atoms with Gasteiger partial charge in [-0.3, -0.25) is 4.79 Å². The number of aryl methyl sites for hydroxylation is 3. The van der Waals surface area contributed by atoms with Crippen molar-refractivity contribution in [2.24, 2.45) is 0 Å². The van der Waals surface area contributed by atoms with Crippen LogP contribution in [0, 0.1) is 13.8 Å². The molecule has 1 fully saturated rings. The summed E-state index contributed by atoms with van der Waals surface area (Å²) in [5, 5.41) is 11.9. The van der Waals surface area contributed by atoms with Crippen LogP contribution in [0.1, 0.15) is 46.8 Å². The number of sulfone groups is 1. The van der Waals surface area contributed by atoms with E-state index in [-0.39, 0.29) is 23.5 Å². The lowest BCUT2D eigenvalue weighted by molar-refractivity contribution is 0.102. The molecule has 4 aromatic rings. The van der Waals surface area contributed by atoms with Crippen LogP contribution >= 0.6 is 0 Å². The normalized spacial score (nSPS) is 17.3. The van der Waals surface area contributed by atoms with Gasteiger partial charge in [0.25, 0.3) is 5.91 Å². The Morgan fingerprint density at radius 1 is 1.21 bits per heavy atom. The summed E-state index contributed by atoms with van der Waals surface area (Å²) in [6, 6.07) is 11.1. The Kier molecular flexibility index (Phi) is 5.47. The highest BCUT2D eigenvalue weighted by Gasteiger charge is 2.32. The summed E-state index contributed by atoms with van der Waals surface area (Å²) in [7, 11) is -3.12. The van der Waals surface area contributed by atoms with E-state index in [4.69, 9.17) is 9.51 Å². The molecule has 1 aliphatic rings. The standard InChI is InChI=1S/C24H25N5O4S/c1-4-16-5-7-17(8-6-16)20-12-19(24(30)26-21-11-14(2)33-28-21)22-15(3)27-29(23(22)25-20)18-9-10-34(31,32)13-18/h5-8,11-12,18H,4,9-10,13H2,1-3H3,(H,26,28,30). The monoisotopic (exact) mass is 479 g/mol. The van der Waals surface area contributed by atoms with Gasteiger partial charge in [0.2, 0.25) is 0 Å². The Hall–Kier alpha value is -3.53. The largest absolute Gasteiger partial charge is 0.360 e. The van der Waals surface area contributed by atoms with E-state index in [0.717, 1.165) is 12.0 Å². The van der Waals surface area contributed by atoms with Crippen LogP contribution in [0.2, 0.25) is 0 Å². The summed E-state index contributed by atoms with van der Waals surface area (Å²) >= 11 is 0. The molecule has 4 heterocycles. The summed E-state index contributed by atoms with van der Waals surface area (Å²) in [6.45, 7) is 5.64. The van der Waals surface area contributed by atoms with E-state index in [9.17, 15) is 13.2 Å². The molecule has 1 saturated heterocycles. The molecular formula is C24H25N5O4S. The Morgan fingerprint density at radius 2 is 1.97 bits per heavy atom. The lowest BCUT2D eigenvalue weighted by atomic mass is 10.0.